The maximum atomic E-state index is 6.02. The lowest BCUT2D eigenvalue weighted by Gasteiger charge is -2.35. The van der Waals surface area contributed by atoms with Gasteiger partial charge in [-0.3, -0.25) is 4.90 Å². The minimum atomic E-state index is 0. The van der Waals surface area contributed by atoms with E-state index in [9.17, 15) is 0 Å². The summed E-state index contributed by atoms with van der Waals surface area (Å²) in [5.41, 5.74) is 1.32. The van der Waals surface area contributed by atoms with Gasteiger partial charge in [0.15, 0.2) is 0 Å². The minimum Gasteiger partial charge on any atom is -0.314 e. The summed E-state index contributed by atoms with van der Waals surface area (Å²) in [6, 6.07) is 8.66. The molecule has 1 aromatic rings. The Balaban J connectivity index is 0.00000128. The first-order valence-corrected chi connectivity index (χ1v) is 5.89. The van der Waals surface area contributed by atoms with Gasteiger partial charge >= 0.3 is 0 Å². The molecule has 0 radical (unpaired) electrons. The van der Waals surface area contributed by atoms with E-state index in [1.54, 1.807) is 0 Å². The Hall–Kier alpha value is -0.280. The van der Waals surface area contributed by atoms with E-state index in [1.807, 2.05) is 12.1 Å². The third kappa shape index (κ3) is 3.11. The summed E-state index contributed by atoms with van der Waals surface area (Å²) in [4.78, 5) is 2.49. The zero-order chi connectivity index (χ0) is 10.7. The van der Waals surface area contributed by atoms with Crippen molar-refractivity contribution in [2.75, 3.05) is 26.2 Å². The van der Waals surface area contributed by atoms with Crippen LogP contribution in [0.3, 0.4) is 0 Å². The normalized spacial score (nSPS) is 21.5. The predicted octanol–water partition coefficient (Wildman–Crippen LogP) is 2.73. The van der Waals surface area contributed by atoms with Gasteiger partial charge in [0.2, 0.25) is 0 Å². The lowest BCUT2D eigenvalue weighted by Crippen LogP contribution is -2.45. The van der Waals surface area contributed by atoms with E-state index >= 15 is 0 Å². The first-order valence-electron chi connectivity index (χ1n) is 5.51. The van der Waals surface area contributed by atoms with E-state index in [0.717, 1.165) is 31.2 Å². The average molecular weight is 261 g/mol. The number of hydrogen-bond acceptors (Lipinski definition) is 2. The van der Waals surface area contributed by atoms with E-state index < -0.39 is 0 Å². The molecule has 0 spiro atoms. The molecule has 1 heterocycles. The van der Waals surface area contributed by atoms with E-state index in [2.05, 4.69) is 29.3 Å². The maximum absolute atomic E-state index is 6.02. The van der Waals surface area contributed by atoms with Crippen LogP contribution < -0.4 is 5.32 Å². The summed E-state index contributed by atoms with van der Waals surface area (Å²) in [6.07, 6.45) is 0. The highest BCUT2D eigenvalue weighted by atomic mass is 35.5. The zero-order valence-electron chi connectivity index (χ0n) is 9.45. The van der Waals surface area contributed by atoms with Crippen molar-refractivity contribution in [2.45, 2.75) is 13.0 Å². The largest absolute Gasteiger partial charge is 0.314 e. The Morgan fingerprint density at radius 1 is 1.50 bits per heavy atom. The molecule has 2 nitrogen and oxygen atoms in total. The van der Waals surface area contributed by atoms with Gasteiger partial charge in [-0.25, -0.2) is 0 Å². The first kappa shape index (κ1) is 13.8. The SMILES string of the molecule is CCN1CCNCC1c1cccc(Cl)c1.Cl. The van der Waals surface area contributed by atoms with Crippen LogP contribution in [-0.4, -0.2) is 31.1 Å². The highest BCUT2D eigenvalue weighted by Crippen LogP contribution is 2.23. The number of hydrogen-bond donors (Lipinski definition) is 1. The molecular weight excluding hydrogens is 243 g/mol. The summed E-state index contributed by atoms with van der Waals surface area (Å²) >= 11 is 6.02. The molecule has 1 aliphatic heterocycles. The van der Waals surface area contributed by atoms with Crippen LogP contribution in [0.25, 0.3) is 0 Å². The van der Waals surface area contributed by atoms with Crippen molar-refractivity contribution < 1.29 is 0 Å². The molecule has 1 N–H and O–H groups in total. The van der Waals surface area contributed by atoms with Crippen molar-refractivity contribution in [2.24, 2.45) is 0 Å². The molecule has 1 saturated heterocycles. The second-order valence-corrected chi connectivity index (χ2v) is 4.34. The van der Waals surface area contributed by atoms with Gasteiger partial charge in [0.25, 0.3) is 0 Å². The molecule has 0 saturated carbocycles. The van der Waals surface area contributed by atoms with Crippen LogP contribution >= 0.6 is 24.0 Å². The molecule has 1 unspecified atom stereocenters. The molecule has 1 aromatic carbocycles. The summed E-state index contributed by atoms with van der Waals surface area (Å²) < 4.78 is 0. The number of nitrogens with one attached hydrogen (secondary N) is 1. The van der Waals surface area contributed by atoms with Crippen molar-refractivity contribution >= 4 is 24.0 Å². The quantitative estimate of drug-likeness (QED) is 0.880. The van der Waals surface area contributed by atoms with E-state index in [-0.39, 0.29) is 12.4 Å². The van der Waals surface area contributed by atoms with Gasteiger partial charge < -0.3 is 5.32 Å². The minimum absolute atomic E-state index is 0. The van der Waals surface area contributed by atoms with Crippen LogP contribution in [0.4, 0.5) is 0 Å². The second-order valence-electron chi connectivity index (χ2n) is 3.90. The summed E-state index contributed by atoms with van der Waals surface area (Å²) in [5, 5.41) is 4.26. The van der Waals surface area contributed by atoms with Crippen molar-refractivity contribution in [3.05, 3.63) is 34.9 Å². The molecule has 4 heteroatoms. The molecule has 0 amide bonds. The predicted molar refractivity (Wildman–Crippen MR) is 71.6 cm³/mol. The maximum Gasteiger partial charge on any atom is 0.0473 e. The number of rotatable bonds is 2. The monoisotopic (exact) mass is 260 g/mol. The Kier molecular flexibility index (Phi) is 5.56. The van der Waals surface area contributed by atoms with Crippen molar-refractivity contribution in [1.82, 2.24) is 10.2 Å². The second kappa shape index (κ2) is 6.45. The number of benzene rings is 1. The van der Waals surface area contributed by atoms with Gasteiger partial charge in [-0.1, -0.05) is 30.7 Å². The third-order valence-corrected chi connectivity index (χ3v) is 3.23. The number of likely N-dealkylation sites (N-methyl/N-ethyl adjacent to an activating group) is 1. The fourth-order valence-corrected chi connectivity index (χ4v) is 2.37. The van der Waals surface area contributed by atoms with E-state index in [0.29, 0.717) is 6.04 Å². The molecular formula is C12H18Cl2N2. The van der Waals surface area contributed by atoms with Crippen molar-refractivity contribution in [1.29, 1.82) is 0 Å². The third-order valence-electron chi connectivity index (χ3n) is 2.99. The fraction of sp³-hybridized carbons (Fsp3) is 0.500. The van der Waals surface area contributed by atoms with Gasteiger partial charge in [-0.05, 0) is 24.2 Å². The molecule has 1 atom stereocenters. The summed E-state index contributed by atoms with van der Waals surface area (Å²) in [6.45, 7) is 6.54. The lowest BCUT2D eigenvalue weighted by molar-refractivity contribution is 0.171. The topological polar surface area (TPSA) is 15.3 Å². The Morgan fingerprint density at radius 3 is 3.00 bits per heavy atom. The van der Waals surface area contributed by atoms with Gasteiger partial charge in [-0.15, -0.1) is 12.4 Å². The fourth-order valence-electron chi connectivity index (χ4n) is 2.17. The molecule has 1 fully saturated rings. The average Bonchev–Trinajstić information content (AvgIpc) is 2.29. The van der Waals surface area contributed by atoms with E-state index in [4.69, 9.17) is 11.6 Å². The Labute approximate surface area is 108 Å². The van der Waals surface area contributed by atoms with Crippen molar-refractivity contribution in [3.63, 3.8) is 0 Å². The Morgan fingerprint density at radius 2 is 2.31 bits per heavy atom. The summed E-state index contributed by atoms with van der Waals surface area (Å²) in [7, 11) is 0. The van der Waals surface area contributed by atoms with E-state index in [1.165, 1.54) is 5.56 Å². The van der Waals surface area contributed by atoms with Gasteiger partial charge in [0.05, 0.1) is 0 Å². The van der Waals surface area contributed by atoms with Gasteiger partial charge in [0.1, 0.15) is 0 Å². The summed E-state index contributed by atoms with van der Waals surface area (Å²) in [5.74, 6) is 0. The van der Waals surface area contributed by atoms with Crippen LogP contribution in [0.2, 0.25) is 5.02 Å². The van der Waals surface area contributed by atoms with Gasteiger partial charge in [-0.2, -0.15) is 0 Å². The molecule has 2 rings (SSSR count). The number of halogens is 2. The van der Waals surface area contributed by atoms with Crippen LogP contribution in [-0.2, 0) is 0 Å². The molecule has 90 valence electrons. The highest BCUT2D eigenvalue weighted by molar-refractivity contribution is 6.30. The van der Waals surface area contributed by atoms with Crippen molar-refractivity contribution in [3.8, 4) is 0 Å². The molecule has 0 bridgehead atoms. The van der Waals surface area contributed by atoms with Crippen LogP contribution in [0.15, 0.2) is 24.3 Å². The molecule has 0 aromatic heterocycles. The highest BCUT2D eigenvalue weighted by Gasteiger charge is 2.21. The number of nitrogens with zero attached hydrogens (tertiary/aromatic N) is 1. The Bertz CT molecular complexity index is 331. The van der Waals surface area contributed by atoms with Gasteiger partial charge in [0, 0.05) is 30.7 Å². The molecule has 16 heavy (non-hydrogen) atoms. The zero-order valence-corrected chi connectivity index (χ0v) is 11.0. The lowest BCUT2D eigenvalue weighted by atomic mass is 10.0. The van der Waals surface area contributed by atoms with Crippen LogP contribution in [0.1, 0.15) is 18.5 Å². The van der Waals surface area contributed by atoms with Crippen LogP contribution in [0.5, 0.6) is 0 Å². The number of piperazine rings is 1. The first-order chi connectivity index (χ1) is 7.31. The standard InChI is InChI=1S/C12H17ClN2.ClH/c1-2-15-7-6-14-9-12(15)10-4-3-5-11(13)8-10;/h3-5,8,12,14H,2,6-7,9H2,1H3;1H. The van der Waals surface area contributed by atoms with Crippen LogP contribution in [0, 0.1) is 0 Å². The molecule has 1 aliphatic rings. The molecule has 0 aliphatic carbocycles. The smallest absolute Gasteiger partial charge is 0.0473 e.